The first-order valence-corrected chi connectivity index (χ1v) is 4.67. The molecule has 0 aliphatic carbocycles. The molecule has 72 valence electrons. The molecule has 1 rings (SSSR count). The molecule has 1 heterocycles. The molecule has 0 unspecified atom stereocenters. The van der Waals surface area contributed by atoms with Crippen molar-refractivity contribution in [2.24, 2.45) is 5.84 Å². The first-order chi connectivity index (χ1) is 5.93. The van der Waals surface area contributed by atoms with E-state index in [9.17, 15) is 0 Å². The number of hydrogen-bond donors (Lipinski definition) is 2. The number of nitrogens with two attached hydrogens (primary N) is 1. The molecule has 1 saturated heterocycles. The summed E-state index contributed by atoms with van der Waals surface area (Å²) in [4.78, 5) is 2.44. The normalized spacial score (nSPS) is 19.8. The van der Waals surface area contributed by atoms with Crippen LogP contribution in [0.25, 0.3) is 0 Å². The quantitative estimate of drug-likeness (QED) is 0.336. The number of ether oxygens (including phenoxy) is 1. The van der Waals surface area contributed by atoms with Crippen molar-refractivity contribution < 1.29 is 4.74 Å². The molecule has 4 nitrogen and oxygen atoms in total. The zero-order chi connectivity index (χ0) is 8.65. The van der Waals surface area contributed by atoms with Gasteiger partial charge in [-0.15, -0.1) is 0 Å². The molecule has 1 aliphatic rings. The van der Waals surface area contributed by atoms with E-state index in [0.29, 0.717) is 0 Å². The zero-order valence-electron chi connectivity index (χ0n) is 7.59. The van der Waals surface area contributed by atoms with Crippen LogP contribution in [0.1, 0.15) is 12.8 Å². The lowest BCUT2D eigenvalue weighted by molar-refractivity contribution is 0.0372. The van der Waals surface area contributed by atoms with Crippen LogP contribution >= 0.6 is 0 Å². The number of morpholine rings is 1. The highest BCUT2D eigenvalue weighted by Crippen LogP contribution is 1.99. The van der Waals surface area contributed by atoms with Crippen LogP contribution in [0.4, 0.5) is 0 Å². The Bertz CT molecular complexity index is 104. The van der Waals surface area contributed by atoms with Crippen LogP contribution in [0.2, 0.25) is 0 Å². The molecule has 0 aromatic rings. The molecule has 12 heavy (non-hydrogen) atoms. The third-order valence-electron chi connectivity index (χ3n) is 2.15. The summed E-state index contributed by atoms with van der Waals surface area (Å²) >= 11 is 0. The summed E-state index contributed by atoms with van der Waals surface area (Å²) in [6.07, 6.45) is 2.39. The minimum Gasteiger partial charge on any atom is -0.379 e. The maximum Gasteiger partial charge on any atom is 0.0594 e. The van der Waals surface area contributed by atoms with Gasteiger partial charge in [0.25, 0.3) is 0 Å². The highest BCUT2D eigenvalue weighted by atomic mass is 16.5. The smallest absolute Gasteiger partial charge is 0.0594 e. The summed E-state index contributed by atoms with van der Waals surface area (Å²) in [6, 6.07) is 0. The number of hydrazine groups is 1. The summed E-state index contributed by atoms with van der Waals surface area (Å²) in [5.41, 5.74) is 2.66. The van der Waals surface area contributed by atoms with Crippen molar-refractivity contribution in [3.8, 4) is 0 Å². The molecule has 4 heteroatoms. The van der Waals surface area contributed by atoms with Crippen molar-refractivity contribution in [3.63, 3.8) is 0 Å². The van der Waals surface area contributed by atoms with Crippen molar-refractivity contribution in [2.75, 3.05) is 39.4 Å². The monoisotopic (exact) mass is 173 g/mol. The molecule has 0 spiro atoms. The van der Waals surface area contributed by atoms with Gasteiger partial charge in [-0.3, -0.25) is 16.2 Å². The summed E-state index contributed by atoms with van der Waals surface area (Å²) in [6.45, 7) is 6.09. The van der Waals surface area contributed by atoms with Crippen LogP contribution in [-0.4, -0.2) is 44.3 Å². The summed E-state index contributed by atoms with van der Waals surface area (Å²) < 4.78 is 5.25. The second kappa shape index (κ2) is 6.37. The van der Waals surface area contributed by atoms with Crippen molar-refractivity contribution in [1.82, 2.24) is 10.3 Å². The molecular formula is C8H19N3O. The van der Waals surface area contributed by atoms with Gasteiger partial charge in [-0.05, 0) is 19.4 Å². The van der Waals surface area contributed by atoms with Crippen molar-refractivity contribution >= 4 is 0 Å². The number of rotatable bonds is 5. The minimum atomic E-state index is 0.898. The Morgan fingerprint density at radius 1 is 1.25 bits per heavy atom. The average molecular weight is 173 g/mol. The third-order valence-corrected chi connectivity index (χ3v) is 2.15. The van der Waals surface area contributed by atoms with E-state index < -0.39 is 0 Å². The SMILES string of the molecule is NNCCCCN1CCOCC1. The van der Waals surface area contributed by atoms with Crippen LogP contribution in [0, 0.1) is 0 Å². The van der Waals surface area contributed by atoms with E-state index in [1.54, 1.807) is 0 Å². The Balaban J connectivity index is 1.91. The van der Waals surface area contributed by atoms with E-state index in [0.717, 1.165) is 39.3 Å². The number of nitrogens with zero attached hydrogens (tertiary/aromatic N) is 1. The first-order valence-electron chi connectivity index (χ1n) is 4.67. The number of nitrogens with one attached hydrogen (secondary N) is 1. The van der Waals surface area contributed by atoms with Crippen LogP contribution < -0.4 is 11.3 Å². The van der Waals surface area contributed by atoms with E-state index in [1.165, 1.54) is 13.0 Å². The van der Waals surface area contributed by atoms with Crippen molar-refractivity contribution in [2.45, 2.75) is 12.8 Å². The fraction of sp³-hybridized carbons (Fsp3) is 1.00. The molecule has 1 fully saturated rings. The van der Waals surface area contributed by atoms with E-state index in [-0.39, 0.29) is 0 Å². The Morgan fingerprint density at radius 2 is 2.00 bits per heavy atom. The fourth-order valence-electron chi connectivity index (χ4n) is 1.39. The van der Waals surface area contributed by atoms with E-state index in [1.807, 2.05) is 0 Å². The van der Waals surface area contributed by atoms with Gasteiger partial charge >= 0.3 is 0 Å². The Labute approximate surface area is 74.0 Å². The average Bonchev–Trinajstić information content (AvgIpc) is 2.14. The van der Waals surface area contributed by atoms with Gasteiger partial charge in [0.2, 0.25) is 0 Å². The van der Waals surface area contributed by atoms with Gasteiger partial charge in [-0.2, -0.15) is 0 Å². The van der Waals surface area contributed by atoms with Crippen molar-refractivity contribution in [3.05, 3.63) is 0 Å². The van der Waals surface area contributed by atoms with Gasteiger partial charge in [-0.1, -0.05) is 0 Å². The highest BCUT2D eigenvalue weighted by molar-refractivity contribution is 4.61. The van der Waals surface area contributed by atoms with E-state index in [2.05, 4.69) is 10.3 Å². The molecule has 0 radical (unpaired) electrons. The molecule has 0 bridgehead atoms. The van der Waals surface area contributed by atoms with Gasteiger partial charge in [0, 0.05) is 19.6 Å². The van der Waals surface area contributed by atoms with Crippen LogP contribution in [0.3, 0.4) is 0 Å². The molecule has 0 atom stereocenters. The van der Waals surface area contributed by atoms with Crippen LogP contribution in [0.5, 0.6) is 0 Å². The Kier molecular flexibility index (Phi) is 5.27. The molecule has 0 aromatic carbocycles. The lowest BCUT2D eigenvalue weighted by atomic mass is 10.3. The van der Waals surface area contributed by atoms with Crippen molar-refractivity contribution in [1.29, 1.82) is 0 Å². The Hall–Kier alpha value is -0.160. The van der Waals surface area contributed by atoms with Gasteiger partial charge < -0.3 is 4.74 Å². The van der Waals surface area contributed by atoms with Gasteiger partial charge in [-0.25, -0.2) is 0 Å². The maximum atomic E-state index is 5.25. The van der Waals surface area contributed by atoms with Crippen LogP contribution in [-0.2, 0) is 4.74 Å². The second-order valence-electron chi connectivity index (χ2n) is 3.12. The lowest BCUT2D eigenvalue weighted by Gasteiger charge is -2.26. The molecule has 3 N–H and O–H groups in total. The summed E-state index contributed by atoms with van der Waals surface area (Å²) in [5.74, 6) is 5.16. The lowest BCUT2D eigenvalue weighted by Crippen LogP contribution is -2.37. The predicted molar refractivity (Wildman–Crippen MR) is 48.7 cm³/mol. The second-order valence-corrected chi connectivity index (χ2v) is 3.12. The molecule has 0 aromatic heterocycles. The molecule has 0 saturated carbocycles. The molecule has 1 aliphatic heterocycles. The number of unbranched alkanes of at least 4 members (excludes halogenated alkanes) is 1. The highest BCUT2D eigenvalue weighted by Gasteiger charge is 2.08. The standard InChI is InChI=1S/C8H19N3O/c9-10-3-1-2-4-11-5-7-12-8-6-11/h10H,1-9H2. The third kappa shape index (κ3) is 4.01. The predicted octanol–water partition coefficient (Wildman–Crippen LogP) is -0.438. The fourth-order valence-corrected chi connectivity index (χ4v) is 1.39. The summed E-state index contributed by atoms with van der Waals surface area (Å²) in [7, 11) is 0. The van der Waals surface area contributed by atoms with E-state index >= 15 is 0 Å². The maximum absolute atomic E-state index is 5.25. The minimum absolute atomic E-state index is 0.898. The zero-order valence-corrected chi connectivity index (χ0v) is 7.59. The topological polar surface area (TPSA) is 50.5 Å². The number of hydrogen-bond acceptors (Lipinski definition) is 4. The Morgan fingerprint density at radius 3 is 2.67 bits per heavy atom. The van der Waals surface area contributed by atoms with E-state index in [4.69, 9.17) is 10.6 Å². The molecule has 0 amide bonds. The van der Waals surface area contributed by atoms with Gasteiger partial charge in [0.05, 0.1) is 13.2 Å². The molecular weight excluding hydrogens is 154 g/mol. The van der Waals surface area contributed by atoms with Gasteiger partial charge in [0.15, 0.2) is 0 Å². The largest absolute Gasteiger partial charge is 0.379 e. The van der Waals surface area contributed by atoms with Gasteiger partial charge in [0.1, 0.15) is 0 Å². The van der Waals surface area contributed by atoms with Crippen LogP contribution in [0.15, 0.2) is 0 Å². The first kappa shape index (κ1) is 9.92. The summed E-state index contributed by atoms with van der Waals surface area (Å²) in [5, 5.41) is 0.